The van der Waals surface area contributed by atoms with Crippen LogP contribution in [0, 0.1) is 0 Å². The van der Waals surface area contributed by atoms with E-state index < -0.39 is 0 Å². The Morgan fingerprint density at radius 1 is 1.21 bits per heavy atom. The van der Waals surface area contributed by atoms with Crippen molar-refractivity contribution in [1.82, 2.24) is 0 Å². The molecule has 1 heterocycles. The molecule has 0 saturated heterocycles. The van der Waals surface area contributed by atoms with Crippen molar-refractivity contribution in [1.29, 1.82) is 0 Å². The van der Waals surface area contributed by atoms with E-state index in [1.807, 2.05) is 36.4 Å². The largest absolute Gasteiger partial charge is 0.465 e. The summed E-state index contributed by atoms with van der Waals surface area (Å²) in [7, 11) is 0. The summed E-state index contributed by atoms with van der Waals surface area (Å²) >= 11 is 0. The molecule has 1 heteroatoms. The predicted octanol–water partition coefficient (Wildman–Crippen LogP) is 4.21. The monoisotopic (exact) mass is 188 g/mol. The van der Waals surface area contributed by atoms with Crippen LogP contribution >= 0.6 is 0 Å². The summed E-state index contributed by atoms with van der Waals surface area (Å²) in [5.41, 5.74) is 0. The van der Waals surface area contributed by atoms with Crippen LogP contribution < -0.4 is 0 Å². The second-order valence-electron chi connectivity index (χ2n) is 2.98. The van der Waals surface area contributed by atoms with Crippen molar-refractivity contribution >= 4 is 6.08 Å². The molecule has 0 spiro atoms. The lowest BCUT2D eigenvalue weighted by Gasteiger charge is -1.80. The molecular weight excluding hydrogens is 172 g/mol. The van der Waals surface area contributed by atoms with Crippen LogP contribution in [0.5, 0.6) is 0 Å². The first kappa shape index (κ1) is 10.6. The van der Waals surface area contributed by atoms with Gasteiger partial charge >= 0.3 is 0 Å². The van der Waals surface area contributed by atoms with E-state index in [0.29, 0.717) is 0 Å². The van der Waals surface area contributed by atoms with Crippen LogP contribution in [0.3, 0.4) is 0 Å². The van der Waals surface area contributed by atoms with Gasteiger partial charge in [-0.05, 0) is 24.6 Å². The predicted molar refractivity (Wildman–Crippen MR) is 60.9 cm³/mol. The molecule has 74 valence electrons. The highest BCUT2D eigenvalue weighted by Gasteiger charge is 1.83. The van der Waals surface area contributed by atoms with Gasteiger partial charge in [0.05, 0.1) is 6.26 Å². The Bertz CT molecular complexity index is 302. The van der Waals surface area contributed by atoms with Crippen molar-refractivity contribution in [2.75, 3.05) is 0 Å². The van der Waals surface area contributed by atoms with Gasteiger partial charge in [-0.25, -0.2) is 0 Å². The summed E-state index contributed by atoms with van der Waals surface area (Å²) in [5.74, 6) is 0.882. The average Bonchev–Trinajstić information content (AvgIpc) is 2.69. The van der Waals surface area contributed by atoms with Crippen molar-refractivity contribution in [3.05, 3.63) is 54.5 Å². The standard InChI is InChI=1S/C13H16O/c1-2-3-4-5-6-7-8-10-13-11-9-12-14-13/h4-12H,2-3H2,1H3. The highest BCUT2D eigenvalue weighted by molar-refractivity contribution is 5.44. The SMILES string of the molecule is CCCC=CC=CC=Cc1ccco1. The number of rotatable bonds is 5. The first-order valence-electron chi connectivity index (χ1n) is 4.97. The van der Waals surface area contributed by atoms with E-state index in [0.717, 1.165) is 12.2 Å². The lowest BCUT2D eigenvalue weighted by Crippen LogP contribution is -1.59. The number of hydrogen-bond acceptors (Lipinski definition) is 1. The van der Waals surface area contributed by atoms with E-state index in [2.05, 4.69) is 19.1 Å². The smallest absolute Gasteiger partial charge is 0.126 e. The third kappa shape index (κ3) is 4.51. The maximum absolute atomic E-state index is 5.14. The van der Waals surface area contributed by atoms with Gasteiger partial charge in [0, 0.05) is 0 Å². The third-order valence-electron chi connectivity index (χ3n) is 1.73. The highest BCUT2D eigenvalue weighted by Crippen LogP contribution is 2.01. The van der Waals surface area contributed by atoms with Crippen molar-refractivity contribution < 1.29 is 4.42 Å². The molecule has 0 aliphatic heterocycles. The van der Waals surface area contributed by atoms with E-state index in [1.54, 1.807) is 6.26 Å². The fraction of sp³-hybridized carbons (Fsp3) is 0.231. The fourth-order valence-electron chi connectivity index (χ4n) is 1.01. The normalized spacial score (nSPS) is 12.4. The molecular formula is C13H16O. The molecule has 1 aromatic heterocycles. The molecule has 0 saturated carbocycles. The van der Waals surface area contributed by atoms with Crippen LogP contribution in [0.1, 0.15) is 25.5 Å². The minimum atomic E-state index is 0.882. The molecule has 0 fully saturated rings. The summed E-state index contributed by atoms with van der Waals surface area (Å²) in [6.07, 6.45) is 16.2. The van der Waals surface area contributed by atoms with Gasteiger partial charge in [0.2, 0.25) is 0 Å². The second-order valence-corrected chi connectivity index (χ2v) is 2.98. The Labute approximate surface area is 85.4 Å². The Kier molecular flexibility index (Phi) is 5.26. The minimum Gasteiger partial charge on any atom is -0.465 e. The van der Waals surface area contributed by atoms with Crippen molar-refractivity contribution in [3.63, 3.8) is 0 Å². The summed E-state index contributed by atoms with van der Waals surface area (Å²) < 4.78 is 5.14. The first-order chi connectivity index (χ1) is 6.93. The van der Waals surface area contributed by atoms with Gasteiger partial charge in [-0.15, -0.1) is 0 Å². The third-order valence-corrected chi connectivity index (χ3v) is 1.73. The van der Waals surface area contributed by atoms with Crippen molar-refractivity contribution in [2.45, 2.75) is 19.8 Å². The number of furan rings is 1. The molecule has 0 aromatic carbocycles. The van der Waals surface area contributed by atoms with Gasteiger partial charge in [-0.3, -0.25) is 0 Å². The molecule has 0 atom stereocenters. The molecule has 0 aliphatic rings. The molecule has 0 amide bonds. The van der Waals surface area contributed by atoms with Gasteiger partial charge in [-0.1, -0.05) is 43.7 Å². The highest BCUT2D eigenvalue weighted by atomic mass is 16.3. The zero-order valence-electron chi connectivity index (χ0n) is 8.52. The zero-order valence-corrected chi connectivity index (χ0v) is 8.52. The van der Waals surface area contributed by atoms with Crippen LogP contribution in [0.2, 0.25) is 0 Å². The summed E-state index contributed by atoms with van der Waals surface area (Å²) in [6, 6.07) is 3.81. The van der Waals surface area contributed by atoms with E-state index in [9.17, 15) is 0 Å². The summed E-state index contributed by atoms with van der Waals surface area (Å²) in [5, 5.41) is 0. The van der Waals surface area contributed by atoms with Gasteiger partial charge < -0.3 is 4.42 Å². The van der Waals surface area contributed by atoms with Crippen LogP contribution in [-0.2, 0) is 0 Å². The fourth-order valence-corrected chi connectivity index (χ4v) is 1.01. The van der Waals surface area contributed by atoms with E-state index in [-0.39, 0.29) is 0 Å². The van der Waals surface area contributed by atoms with Gasteiger partial charge in [0.15, 0.2) is 0 Å². The maximum atomic E-state index is 5.14. The molecule has 14 heavy (non-hydrogen) atoms. The lowest BCUT2D eigenvalue weighted by molar-refractivity contribution is 0.557. The molecule has 0 radical (unpaired) electrons. The van der Waals surface area contributed by atoms with Crippen LogP contribution in [0.25, 0.3) is 6.08 Å². The molecule has 0 aliphatic carbocycles. The molecule has 1 aromatic rings. The first-order valence-corrected chi connectivity index (χ1v) is 4.97. The molecule has 0 N–H and O–H groups in total. The second kappa shape index (κ2) is 6.96. The van der Waals surface area contributed by atoms with Crippen LogP contribution in [0.15, 0.2) is 53.2 Å². The zero-order chi connectivity index (χ0) is 10.1. The Morgan fingerprint density at radius 3 is 2.79 bits per heavy atom. The number of allylic oxidation sites excluding steroid dienone is 5. The maximum Gasteiger partial charge on any atom is 0.126 e. The van der Waals surface area contributed by atoms with Crippen LogP contribution in [0.4, 0.5) is 0 Å². The van der Waals surface area contributed by atoms with Gasteiger partial charge in [0.1, 0.15) is 5.76 Å². The van der Waals surface area contributed by atoms with Crippen LogP contribution in [-0.4, -0.2) is 0 Å². The Balaban J connectivity index is 2.26. The Hall–Kier alpha value is -1.50. The molecule has 1 rings (SSSR count). The van der Waals surface area contributed by atoms with E-state index >= 15 is 0 Å². The quantitative estimate of drug-likeness (QED) is 0.631. The van der Waals surface area contributed by atoms with E-state index in [1.165, 1.54) is 6.42 Å². The van der Waals surface area contributed by atoms with E-state index in [4.69, 9.17) is 4.42 Å². The minimum absolute atomic E-state index is 0.882. The number of hydrogen-bond donors (Lipinski definition) is 0. The topological polar surface area (TPSA) is 13.1 Å². The summed E-state index contributed by atoms with van der Waals surface area (Å²) in [6.45, 7) is 2.17. The van der Waals surface area contributed by atoms with Crippen molar-refractivity contribution in [3.8, 4) is 0 Å². The molecule has 0 unspecified atom stereocenters. The van der Waals surface area contributed by atoms with Gasteiger partial charge in [0.25, 0.3) is 0 Å². The number of unbranched alkanes of at least 4 members (excludes halogenated alkanes) is 1. The Morgan fingerprint density at radius 2 is 2.07 bits per heavy atom. The molecule has 0 bridgehead atoms. The average molecular weight is 188 g/mol. The summed E-state index contributed by atoms with van der Waals surface area (Å²) in [4.78, 5) is 0. The van der Waals surface area contributed by atoms with Gasteiger partial charge in [-0.2, -0.15) is 0 Å². The lowest BCUT2D eigenvalue weighted by atomic mass is 10.3. The van der Waals surface area contributed by atoms with Crippen molar-refractivity contribution in [2.24, 2.45) is 0 Å². The molecule has 1 nitrogen and oxygen atoms in total.